The Morgan fingerprint density at radius 1 is 1.33 bits per heavy atom. The van der Waals surface area contributed by atoms with E-state index in [0.717, 1.165) is 19.3 Å². The summed E-state index contributed by atoms with van der Waals surface area (Å²) in [6.07, 6.45) is 2.69. The molecule has 0 saturated carbocycles. The third-order valence-corrected chi connectivity index (χ3v) is 2.15. The molecule has 0 heterocycles. The smallest absolute Gasteiger partial charge is 0.0884 e. The molecule has 1 unspecified atom stereocenters. The molecule has 0 radical (unpaired) electrons. The van der Waals surface area contributed by atoms with Gasteiger partial charge in [-0.3, -0.25) is 0 Å². The van der Waals surface area contributed by atoms with Gasteiger partial charge in [-0.25, -0.2) is 0 Å². The van der Waals surface area contributed by atoms with Crippen molar-refractivity contribution in [1.29, 1.82) is 0 Å². The Morgan fingerprint density at radius 3 is 2.33 bits per heavy atom. The summed E-state index contributed by atoms with van der Waals surface area (Å²) >= 11 is 0. The van der Waals surface area contributed by atoms with Crippen LogP contribution in [0.2, 0.25) is 0 Å². The average molecular weight is 174 g/mol. The van der Waals surface area contributed by atoms with E-state index in [2.05, 4.69) is 6.92 Å². The second-order valence-electron chi connectivity index (χ2n) is 3.69. The third-order valence-electron chi connectivity index (χ3n) is 2.15. The maximum absolute atomic E-state index is 9.71. The third kappa shape index (κ3) is 4.07. The van der Waals surface area contributed by atoms with Crippen molar-refractivity contribution in [3.05, 3.63) is 0 Å². The highest BCUT2D eigenvalue weighted by atomic mass is 16.5. The largest absolute Gasteiger partial charge is 0.390 e. The van der Waals surface area contributed by atoms with Crippen LogP contribution in [-0.4, -0.2) is 23.4 Å². The predicted molar refractivity (Wildman–Crippen MR) is 51.2 cm³/mol. The standard InChI is InChI=1S/C10H22O2/c1-5-7-8-9(11)10(3,4)12-6-2/h9,11H,5-8H2,1-4H3. The van der Waals surface area contributed by atoms with Gasteiger partial charge in [0.05, 0.1) is 11.7 Å². The maximum atomic E-state index is 9.71. The number of ether oxygens (including phenoxy) is 1. The van der Waals surface area contributed by atoms with Crippen LogP contribution in [-0.2, 0) is 4.74 Å². The first kappa shape index (κ1) is 11.9. The van der Waals surface area contributed by atoms with Gasteiger partial charge in [-0.05, 0) is 27.2 Å². The Labute approximate surface area is 75.9 Å². The molecule has 0 aliphatic carbocycles. The minimum absolute atomic E-state index is 0.336. The number of aliphatic hydroxyl groups is 1. The van der Waals surface area contributed by atoms with Crippen LogP contribution < -0.4 is 0 Å². The van der Waals surface area contributed by atoms with Crippen LogP contribution in [0.3, 0.4) is 0 Å². The lowest BCUT2D eigenvalue weighted by Crippen LogP contribution is -2.39. The summed E-state index contributed by atoms with van der Waals surface area (Å²) in [6, 6.07) is 0. The summed E-state index contributed by atoms with van der Waals surface area (Å²) in [6.45, 7) is 8.62. The summed E-state index contributed by atoms with van der Waals surface area (Å²) < 4.78 is 5.44. The zero-order valence-electron chi connectivity index (χ0n) is 8.76. The van der Waals surface area contributed by atoms with Gasteiger partial charge in [0.1, 0.15) is 0 Å². The van der Waals surface area contributed by atoms with E-state index >= 15 is 0 Å². The first-order valence-corrected chi connectivity index (χ1v) is 4.86. The summed E-state index contributed by atoms with van der Waals surface area (Å²) in [5.41, 5.74) is -0.385. The van der Waals surface area contributed by atoms with Crippen LogP contribution in [0.15, 0.2) is 0 Å². The van der Waals surface area contributed by atoms with E-state index < -0.39 is 0 Å². The van der Waals surface area contributed by atoms with Crippen molar-refractivity contribution in [2.24, 2.45) is 0 Å². The molecule has 0 saturated heterocycles. The Balaban J connectivity index is 3.79. The Bertz CT molecular complexity index is 110. The fraction of sp³-hybridized carbons (Fsp3) is 1.00. The van der Waals surface area contributed by atoms with Crippen LogP contribution in [0.4, 0.5) is 0 Å². The maximum Gasteiger partial charge on any atom is 0.0884 e. The monoisotopic (exact) mass is 174 g/mol. The van der Waals surface area contributed by atoms with Gasteiger partial charge in [-0.1, -0.05) is 19.8 Å². The van der Waals surface area contributed by atoms with Gasteiger partial charge in [-0.15, -0.1) is 0 Å². The molecular weight excluding hydrogens is 152 g/mol. The average Bonchev–Trinajstić information content (AvgIpc) is 2.00. The highest BCUT2D eigenvalue weighted by molar-refractivity contribution is 4.78. The van der Waals surface area contributed by atoms with Crippen molar-refractivity contribution in [3.8, 4) is 0 Å². The zero-order valence-corrected chi connectivity index (χ0v) is 8.76. The molecule has 1 atom stereocenters. The van der Waals surface area contributed by atoms with Crippen LogP contribution in [0, 0.1) is 0 Å². The number of unbranched alkanes of at least 4 members (excludes halogenated alkanes) is 1. The quantitative estimate of drug-likeness (QED) is 0.669. The lowest BCUT2D eigenvalue weighted by molar-refractivity contribution is -0.0991. The molecule has 0 aromatic heterocycles. The molecule has 0 rings (SSSR count). The molecule has 2 nitrogen and oxygen atoms in total. The van der Waals surface area contributed by atoms with Crippen molar-refractivity contribution < 1.29 is 9.84 Å². The Morgan fingerprint density at radius 2 is 1.92 bits per heavy atom. The molecule has 2 heteroatoms. The van der Waals surface area contributed by atoms with Crippen molar-refractivity contribution in [3.63, 3.8) is 0 Å². The first-order chi connectivity index (χ1) is 5.54. The summed E-state index contributed by atoms with van der Waals surface area (Å²) in [5, 5.41) is 9.71. The highest BCUT2D eigenvalue weighted by Crippen LogP contribution is 2.19. The Kier molecular flexibility index (Phi) is 5.51. The first-order valence-electron chi connectivity index (χ1n) is 4.86. The molecule has 0 spiro atoms. The van der Waals surface area contributed by atoms with Crippen LogP contribution in [0.5, 0.6) is 0 Å². The summed E-state index contributed by atoms with van der Waals surface area (Å²) in [5.74, 6) is 0. The van der Waals surface area contributed by atoms with Crippen molar-refractivity contribution in [2.45, 2.75) is 58.7 Å². The van der Waals surface area contributed by atoms with E-state index in [1.165, 1.54) is 0 Å². The van der Waals surface area contributed by atoms with Gasteiger partial charge in [0.25, 0.3) is 0 Å². The van der Waals surface area contributed by atoms with E-state index in [0.29, 0.717) is 6.61 Å². The van der Waals surface area contributed by atoms with E-state index in [1.54, 1.807) is 0 Å². The molecule has 0 aromatic rings. The van der Waals surface area contributed by atoms with Gasteiger partial charge in [0, 0.05) is 6.61 Å². The van der Waals surface area contributed by atoms with Gasteiger partial charge in [0.15, 0.2) is 0 Å². The molecule has 0 bridgehead atoms. The van der Waals surface area contributed by atoms with Crippen molar-refractivity contribution in [1.82, 2.24) is 0 Å². The van der Waals surface area contributed by atoms with Crippen molar-refractivity contribution >= 4 is 0 Å². The number of hydrogen-bond donors (Lipinski definition) is 1. The predicted octanol–water partition coefficient (Wildman–Crippen LogP) is 2.35. The summed E-state index contributed by atoms with van der Waals surface area (Å²) in [7, 11) is 0. The van der Waals surface area contributed by atoms with Gasteiger partial charge in [0.2, 0.25) is 0 Å². The Hall–Kier alpha value is -0.0800. The number of rotatable bonds is 6. The molecule has 0 aliphatic rings. The topological polar surface area (TPSA) is 29.5 Å². The lowest BCUT2D eigenvalue weighted by Gasteiger charge is -2.30. The van der Waals surface area contributed by atoms with Crippen molar-refractivity contribution in [2.75, 3.05) is 6.61 Å². The molecule has 0 aliphatic heterocycles. The van der Waals surface area contributed by atoms with Crippen LogP contribution >= 0.6 is 0 Å². The van der Waals surface area contributed by atoms with E-state index in [1.807, 2.05) is 20.8 Å². The fourth-order valence-corrected chi connectivity index (χ4v) is 1.21. The van der Waals surface area contributed by atoms with E-state index in [9.17, 15) is 5.11 Å². The fourth-order valence-electron chi connectivity index (χ4n) is 1.21. The van der Waals surface area contributed by atoms with Gasteiger partial charge in [-0.2, -0.15) is 0 Å². The molecule has 12 heavy (non-hydrogen) atoms. The van der Waals surface area contributed by atoms with Crippen LogP contribution in [0.1, 0.15) is 47.0 Å². The molecule has 74 valence electrons. The minimum Gasteiger partial charge on any atom is -0.390 e. The van der Waals surface area contributed by atoms with Gasteiger partial charge < -0.3 is 9.84 Å². The highest BCUT2D eigenvalue weighted by Gasteiger charge is 2.27. The van der Waals surface area contributed by atoms with Gasteiger partial charge >= 0.3 is 0 Å². The summed E-state index contributed by atoms with van der Waals surface area (Å²) in [4.78, 5) is 0. The molecule has 0 aromatic carbocycles. The number of hydrogen-bond acceptors (Lipinski definition) is 2. The molecule has 0 amide bonds. The number of aliphatic hydroxyl groups excluding tert-OH is 1. The zero-order chi connectivity index (χ0) is 9.61. The van der Waals surface area contributed by atoms with Crippen LogP contribution in [0.25, 0.3) is 0 Å². The molecule has 0 fully saturated rings. The van der Waals surface area contributed by atoms with E-state index in [4.69, 9.17) is 4.74 Å². The second-order valence-corrected chi connectivity index (χ2v) is 3.69. The van der Waals surface area contributed by atoms with E-state index in [-0.39, 0.29) is 11.7 Å². The SMILES string of the molecule is CCCCC(O)C(C)(C)OCC. The second kappa shape index (κ2) is 5.55. The normalized spacial score (nSPS) is 14.8. The molecular formula is C10H22O2. The lowest BCUT2D eigenvalue weighted by atomic mass is 9.97. The molecule has 1 N–H and O–H groups in total. The minimum atomic E-state index is -0.385.